The molecule has 0 saturated carbocycles. The zero-order valence-corrected chi connectivity index (χ0v) is 8.62. The molecule has 0 bridgehead atoms. The molecule has 2 aromatic rings. The molecule has 0 aromatic carbocycles. The van der Waals surface area contributed by atoms with E-state index in [2.05, 4.69) is 4.98 Å². The van der Waals surface area contributed by atoms with Crippen LogP contribution in [0.25, 0.3) is 0 Å². The van der Waals surface area contributed by atoms with Gasteiger partial charge in [-0.25, -0.2) is 0 Å². The fourth-order valence-electron chi connectivity index (χ4n) is 1.29. The molecule has 74 valence electrons. The number of thiazole rings is 1. The van der Waals surface area contributed by atoms with E-state index in [1.54, 1.807) is 29.3 Å². The molecule has 0 amide bonds. The van der Waals surface area contributed by atoms with Gasteiger partial charge in [-0.1, -0.05) is 0 Å². The summed E-state index contributed by atoms with van der Waals surface area (Å²) in [6, 6.07) is 1.85. The van der Waals surface area contributed by atoms with E-state index in [0.717, 1.165) is 16.2 Å². The predicted molar refractivity (Wildman–Crippen MR) is 54.2 cm³/mol. The number of aryl methyl sites for hydroxylation is 1. The van der Waals surface area contributed by atoms with Gasteiger partial charge in [0.1, 0.15) is 5.76 Å². The molecule has 0 aliphatic rings. The van der Waals surface area contributed by atoms with Crippen molar-refractivity contribution in [2.24, 2.45) is 0 Å². The molecule has 0 radical (unpaired) electrons. The minimum atomic E-state index is -0.493. The minimum Gasteiger partial charge on any atom is -0.469 e. The number of furan rings is 1. The second-order valence-electron chi connectivity index (χ2n) is 3.18. The molecule has 0 aliphatic heterocycles. The van der Waals surface area contributed by atoms with E-state index in [-0.39, 0.29) is 0 Å². The maximum atomic E-state index is 9.82. The van der Waals surface area contributed by atoms with E-state index in [1.807, 2.05) is 13.0 Å². The normalized spacial score (nSPS) is 13.0. The van der Waals surface area contributed by atoms with Gasteiger partial charge in [0, 0.05) is 23.1 Å². The highest BCUT2D eigenvalue weighted by Crippen LogP contribution is 2.21. The van der Waals surface area contributed by atoms with Gasteiger partial charge < -0.3 is 9.52 Å². The van der Waals surface area contributed by atoms with Gasteiger partial charge in [0.2, 0.25) is 0 Å². The Morgan fingerprint density at radius 2 is 2.50 bits per heavy atom. The van der Waals surface area contributed by atoms with Crippen molar-refractivity contribution in [1.82, 2.24) is 4.98 Å². The van der Waals surface area contributed by atoms with Crippen molar-refractivity contribution in [2.45, 2.75) is 19.4 Å². The number of aromatic nitrogens is 1. The molecule has 1 atom stereocenters. The monoisotopic (exact) mass is 209 g/mol. The summed E-state index contributed by atoms with van der Waals surface area (Å²) in [4.78, 5) is 5.04. The first-order valence-corrected chi connectivity index (χ1v) is 5.24. The highest BCUT2D eigenvalue weighted by atomic mass is 32.1. The molecule has 2 rings (SSSR count). The summed E-state index contributed by atoms with van der Waals surface area (Å²) in [5, 5.41) is 9.82. The smallest absolute Gasteiger partial charge is 0.101 e. The number of rotatable bonds is 3. The summed E-state index contributed by atoms with van der Waals surface area (Å²) in [5.41, 5.74) is 2.60. The van der Waals surface area contributed by atoms with Crippen LogP contribution in [0.2, 0.25) is 0 Å². The number of hydrogen-bond donors (Lipinski definition) is 1. The highest BCUT2D eigenvalue weighted by molar-refractivity contribution is 7.09. The number of aliphatic hydroxyl groups excluding tert-OH is 1. The standard InChI is InChI=1S/C10H11NO2S/c1-7-2-8(5-13-7)10(12)3-9-4-11-6-14-9/h2,4-6,10,12H,3H2,1H3. The van der Waals surface area contributed by atoms with Crippen LogP contribution in [0.5, 0.6) is 0 Å². The predicted octanol–water partition coefficient (Wildman–Crippen LogP) is 2.32. The lowest BCUT2D eigenvalue weighted by atomic mass is 10.1. The zero-order chi connectivity index (χ0) is 9.97. The van der Waals surface area contributed by atoms with Crippen LogP contribution in [0.1, 0.15) is 22.3 Å². The lowest BCUT2D eigenvalue weighted by Crippen LogP contribution is -1.98. The molecule has 2 aromatic heterocycles. The number of aliphatic hydroxyl groups is 1. The molecular formula is C10H11NO2S. The van der Waals surface area contributed by atoms with Crippen LogP contribution in [-0.4, -0.2) is 10.1 Å². The summed E-state index contributed by atoms with van der Waals surface area (Å²) in [5.74, 6) is 0.823. The van der Waals surface area contributed by atoms with E-state index >= 15 is 0 Å². The molecule has 0 fully saturated rings. The van der Waals surface area contributed by atoms with Gasteiger partial charge in [0.15, 0.2) is 0 Å². The van der Waals surface area contributed by atoms with E-state index in [0.29, 0.717) is 6.42 Å². The average Bonchev–Trinajstić information content (AvgIpc) is 2.75. The van der Waals surface area contributed by atoms with Gasteiger partial charge in [0.25, 0.3) is 0 Å². The van der Waals surface area contributed by atoms with E-state index < -0.39 is 6.10 Å². The first kappa shape index (κ1) is 9.43. The maximum absolute atomic E-state index is 9.82. The minimum absolute atomic E-state index is 0.493. The van der Waals surface area contributed by atoms with Gasteiger partial charge in [-0.2, -0.15) is 0 Å². The largest absolute Gasteiger partial charge is 0.469 e. The van der Waals surface area contributed by atoms with Crippen molar-refractivity contribution in [1.29, 1.82) is 0 Å². The van der Waals surface area contributed by atoms with Crippen LogP contribution < -0.4 is 0 Å². The molecular weight excluding hydrogens is 198 g/mol. The lowest BCUT2D eigenvalue weighted by molar-refractivity contribution is 0.178. The fraction of sp³-hybridized carbons (Fsp3) is 0.300. The SMILES string of the molecule is Cc1cc(C(O)Cc2cncs2)co1. The van der Waals surface area contributed by atoms with Crippen LogP contribution in [0, 0.1) is 6.92 Å². The summed E-state index contributed by atoms with van der Waals surface area (Å²) in [7, 11) is 0. The third kappa shape index (κ3) is 2.02. The topological polar surface area (TPSA) is 46.3 Å². The third-order valence-corrected chi connectivity index (χ3v) is 2.82. The van der Waals surface area contributed by atoms with Gasteiger partial charge in [-0.05, 0) is 13.0 Å². The zero-order valence-electron chi connectivity index (χ0n) is 7.80. The Kier molecular flexibility index (Phi) is 2.65. The van der Waals surface area contributed by atoms with Crippen LogP contribution >= 0.6 is 11.3 Å². The second kappa shape index (κ2) is 3.94. The summed E-state index contributed by atoms with van der Waals surface area (Å²) >= 11 is 1.55. The Morgan fingerprint density at radius 3 is 3.07 bits per heavy atom. The molecule has 1 unspecified atom stereocenters. The lowest BCUT2D eigenvalue weighted by Gasteiger charge is -2.04. The van der Waals surface area contributed by atoms with Gasteiger partial charge in [-0.3, -0.25) is 4.98 Å². The van der Waals surface area contributed by atoms with Crippen molar-refractivity contribution in [3.8, 4) is 0 Å². The van der Waals surface area contributed by atoms with E-state index in [9.17, 15) is 5.11 Å². The molecule has 14 heavy (non-hydrogen) atoms. The van der Waals surface area contributed by atoms with Crippen molar-refractivity contribution in [2.75, 3.05) is 0 Å². The summed E-state index contributed by atoms with van der Waals surface area (Å²) in [6.07, 6.45) is 3.48. The molecule has 2 heterocycles. The van der Waals surface area contributed by atoms with Gasteiger partial charge >= 0.3 is 0 Å². The van der Waals surface area contributed by atoms with Crippen molar-refractivity contribution in [3.05, 3.63) is 40.2 Å². The molecule has 0 saturated heterocycles. The Bertz CT molecular complexity index is 394. The van der Waals surface area contributed by atoms with Gasteiger partial charge in [0.05, 0.1) is 17.9 Å². The highest BCUT2D eigenvalue weighted by Gasteiger charge is 2.11. The van der Waals surface area contributed by atoms with Gasteiger partial charge in [-0.15, -0.1) is 11.3 Å². The number of nitrogens with zero attached hydrogens (tertiary/aromatic N) is 1. The molecule has 4 heteroatoms. The van der Waals surface area contributed by atoms with Crippen molar-refractivity contribution in [3.63, 3.8) is 0 Å². The first-order valence-electron chi connectivity index (χ1n) is 4.36. The van der Waals surface area contributed by atoms with E-state index in [1.165, 1.54) is 0 Å². The fourth-order valence-corrected chi connectivity index (χ4v) is 1.92. The molecule has 3 nitrogen and oxygen atoms in total. The Balaban J connectivity index is 2.06. The van der Waals surface area contributed by atoms with E-state index in [4.69, 9.17) is 4.42 Å². The van der Waals surface area contributed by atoms with Crippen molar-refractivity contribution >= 4 is 11.3 Å². The Morgan fingerprint density at radius 1 is 1.64 bits per heavy atom. The van der Waals surface area contributed by atoms with Crippen LogP contribution in [0.3, 0.4) is 0 Å². The van der Waals surface area contributed by atoms with Crippen LogP contribution in [-0.2, 0) is 6.42 Å². The molecule has 0 aliphatic carbocycles. The Labute approximate surface area is 86.0 Å². The maximum Gasteiger partial charge on any atom is 0.101 e. The third-order valence-electron chi connectivity index (χ3n) is 2.01. The quantitative estimate of drug-likeness (QED) is 0.843. The molecule has 1 N–H and O–H groups in total. The average molecular weight is 209 g/mol. The van der Waals surface area contributed by atoms with Crippen LogP contribution in [0.4, 0.5) is 0 Å². The number of hydrogen-bond acceptors (Lipinski definition) is 4. The molecule has 0 spiro atoms. The summed E-state index contributed by atoms with van der Waals surface area (Å²) < 4.78 is 5.13. The summed E-state index contributed by atoms with van der Waals surface area (Å²) in [6.45, 7) is 1.86. The Hall–Kier alpha value is -1.13. The second-order valence-corrected chi connectivity index (χ2v) is 4.15. The van der Waals surface area contributed by atoms with Crippen LogP contribution in [0.15, 0.2) is 28.5 Å². The van der Waals surface area contributed by atoms with Crippen molar-refractivity contribution < 1.29 is 9.52 Å². The first-order chi connectivity index (χ1) is 6.75.